The van der Waals surface area contributed by atoms with Gasteiger partial charge in [-0.3, -0.25) is 0 Å². The average molecular weight is 377 g/mol. The van der Waals surface area contributed by atoms with E-state index in [2.05, 4.69) is 41.5 Å². The molecule has 6 nitrogen and oxygen atoms in total. The molecule has 0 bridgehead atoms. The van der Waals surface area contributed by atoms with Crippen molar-refractivity contribution in [2.24, 2.45) is 0 Å². The van der Waals surface area contributed by atoms with Crippen LogP contribution in [0.5, 0.6) is 0 Å². The Balaban J connectivity index is 3.30. The molecule has 7 heteroatoms. The van der Waals surface area contributed by atoms with E-state index in [1.165, 1.54) is 0 Å². The van der Waals surface area contributed by atoms with Crippen molar-refractivity contribution in [3.05, 3.63) is 12.0 Å². The second-order valence-corrected chi connectivity index (χ2v) is 13.7. The number of hydrogen-bond acceptors (Lipinski definition) is 6. The first-order valence-electron chi connectivity index (χ1n) is 9.09. The molecule has 1 saturated heterocycles. The van der Waals surface area contributed by atoms with Crippen molar-refractivity contribution in [3.63, 3.8) is 0 Å². The zero-order valence-electron chi connectivity index (χ0n) is 16.8. The van der Waals surface area contributed by atoms with Gasteiger partial charge in [0.15, 0.2) is 11.5 Å². The van der Waals surface area contributed by atoms with E-state index in [9.17, 15) is 15.3 Å². The fourth-order valence-electron chi connectivity index (χ4n) is 4.08. The minimum Gasteiger partial charge on any atom is -0.512 e. The summed E-state index contributed by atoms with van der Waals surface area (Å²) in [4.78, 5) is 0. The summed E-state index contributed by atoms with van der Waals surface area (Å²) in [5.74, 6) is -1.24. The molecule has 0 aromatic heterocycles. The molecule has 0 radical (unpaired) electrons. The van der Waals surface area contributed by atoms with E-state index in [0.717, 1.165) is 0 Å². The largest absolute Gasteiger partial charge is 0.512 e. The van der Waals surface area contributed by atoms with Crippen LogP contribution in [0.15, 0.2) is 12.0 Å². The molecular formula is C18H36O6Si. The quantitative estimate of drug-likeness (QED) is 0.459. The van der Waals surface area contributed by atoms with E-state index in [0.29, 0.717) is 6.26 Å². The molecule has 0 aromatic carbocycles. The normalized spacial score (nSPS) is 26.5. The van der Waals surface area contributed by atoms with Gasteiger partial charge in [0.05, 0.1) is 6.61 Å². The third-order valence-electron chi connectivity index (χ3n) is 5.16. The maximum atomic E-state index is 10.4. The zero-order valence-corrected chi connectivity index (χ0v) is 17.8. The van der Waals surface area contributed by atoms with E-state index in [1.807, 2.05) is 0 Å². The molecule has 25 heavy (non-hydrogen) atoms. The summed E-state index contributed by atoms with van der Waals surface area (Å²) in [6, 6.07) is 0. The van der Waals surface area contributed by atoms with Gasteiger partial charge in [0.2, 0.25) is 8.32 Å². The van der Waals surface area contributed by atoms with Crippen molar-refractivity contribution >= 4 is 8.32 Å². The summed E-state index contributed by atoms with van der Waals surface area (Å²) in [6.45, 7) is 16.4. The SMILES string of the molecule is CC(C)[Si](O[C@H](/C(O)=C/O)[C@@H]1OC(C)(C)OC[C@H]1O)(C(C)C)C(C)C. The third-order valence-corrected chi connectivity index (χ3v) is 11.2. The van der Waals surface area contributed by atoms with Gasteiger partial charge < -0.3 is 29.2 Å². The molecule has 0 spiro atoms. The molecule has 0 aromatic rings. The Morgan fingerprint density at radius 1 is 1.12 bits per heavy atom. The molecule has 0 saturated carbocycles. The highest BCUT2D eigenvalue weighted by Gasteiger charge is 2.51. The van der Waals surface area contributed by atoms with Crippen molar-refractivity contribution in [2.45, 2.75) is 96.1 Å². The van der Waals surface area contributed by atoms with Gasteiger partial charge in [0.1, 0.15) is 24.6 Å². The average Bonchev–Trinajstić information content (AvgIpc) is 2.49. The molecule has 1 rings (SSSR count). The molecule has 0 unspecified atom stereocenters. The molecule has 0 amide bonds. The molecule has 3 N–H and O–H groups in total. The highest BCUT2D eigenvalue weighted by Crippen LogP contribution is 2.44. The predicted molar refractivity (Wildman–Crippen MR) is 100 cm³/mol. The van der Waals surface area contributed by atoms with E-state index in [-0.39, 0.29) is 29.0 Å². The zero-order chi connectivity index (χ0) is 19.6. The van der Waals surface area contributed by atoms with E-state index >= 15 is 0 Å². The second-order valence-electron chi connectivity index (χ2n) is 8.27. The first-order chi connectivity index (χ1) is 11.4. The van der Waals surface area contributed by atoms with Crippen molar-refractivity contribution in [3.8, 4) is 0 Å². The number of aliphatic hydroxyl groups is 3. The highest BCUT2D eigenvalue weighted by atomic mass is 28.4. The van der Waals surface area contributed by atoms with Crippen molar-refractivity contribution < 1.29 is 29.2 Å². The molecule has 1 fully saturated rings. The van der Waals surface area contributed by atoms with E-state index in [1.54, 1.807) is 13.8 Å². The lowest BCUT2D eigenvalue weighted by Crippen LogP contribution is -2.59. The first-order valence-corrected chi connectivity index (χ1v) is 11.2. The molecule has 148 valence electrons. The van der Waals surface area contributed by atoms with E-state index in [4.69, 9.17) is 13.9 Å². The van der Waals surface area contributed by atoms with Crippen LogP contribution in [0.4, 0.5) is 0 Å². The summed E-state index contributed by atoms with van der Waals surface area (Å²) in [5.41, 5.74) is 0.851. The van der Waals surface area contributed by atoms with Crippen LogP contribution < -0.4 is 0 Å². The number of aliphatic hydroxyl groups excluding tert-OH is 3. The lowest BCUT2D eigenvalue weighted by atomic mass is 10.1. The Kier molecular flexibility index (Phi) is 7.53. The summed E-state index contributed by atoms with van der Waals surface area (Å²) in [6.07, 6.45) is -2.10. The summed E-state index contributed by atoms with van der Waals surface area (Å²) in [5, 5.41) is 30.2. The summed E-state index contributed by atoms with van der Waals surface area (Å²) in [7, 11) is -2.37. The van der Waals surface area contributed by atoms with Gasteiger partial charge >= 0.3 is 0 Å². The van der Waals surface area contributed by atoms with Gasteiger partial charge in [-0.15, -0.1) is 0 Å². The Hall–Kier alpha value is -0.603. The van der Waals surface area contributed by atoms with E-state index < -0.39 is 32.4 Å². The van der Waals surface area contributed by atoms with Crippen LogP contribution in [-0.2, 0) is 13.9 Å². The molecule has 1 aliphatic heterocycles. The number of hydrogen-bond donors (Lipinski definition) is 3. The first kappa shape index (κ1) is 22.4. The van der Waals surface area contributed by atoms with Gasteiger partial charge in [-0.2, -0.15) is 0 Å². The smallest absolute Gasteiger partial charge is 0.201 e. The van der Waals surface area contributed by atoms with Crippen LogP contribution in [0, 0.1) is 0 Å². The van der Waals surface area contributed by atoms with Crippen LogP contribution >= 0.6 is 0 Å². The highest BCUT2D eigenvalue weighted by molar-refractivity contribution is 6.77. The van der Waals surface area contributed by atoms with Gasteiger partial charge in [0.25, 0.3) is 0 Å². The second kappa shape index (κ2) is 8.39. The lowest BCUT2D eigenvalue weighted by Gasteiger charge is -2.48. The van der Waals surface area contributed by atoms with Crippen LogP contribution in [0.25, 0.3) is 0 Å². The topological polar surface area (TPSA) is 88.4 Å². The number of ether oxygens (including phenoxy) is 2. The Bertz CT molecular complexity index is 439. The lowest BCUT2D eigenvalue weighted by molar-refractivity contribution is -0.316. The monoisotopic (exact) mass is 376 g/mol. The Morgan fingerprint density at radius 2 is 1.60 bits per heavy atom. The van der Waals surface area contributed by atoms with Crippen LogP contribution in [0.2, 0.25) is 16.6 Å². The standard InChI is InChI=1S/C18H36O6Si/c1-11(2)25(12(3)4,13(5)6)24-17(14(20)9-19)16-15(21)10-22-18(7,8)23-16/h9,11-13,15-17,19-21H,10H2,1-8H3/b14-9-/t15-,16-,17-/m1/s1. The fourth-order valence-corrected chi connectivity index (χ4v) is 9.59. The molecular weight excluding hydrogens is 340 g/mol. The van der Waals surface area contributed by atoms with Crippen LogP contribution in [0.1, 0.15) is 55.4 Å². The predicted octanol–water partition coefficient (Wildman–Crippen LogP) is 4.02. The van der Waals surface area contributed by atoms with Crippen molar-refractivity contribution in [1.29, 1.82) is 0 Å². The maximum Gasteiger partial charge on any atom is 0.201 e. The van der Waals surface area contributed by atoms with Gasteiger partial charge in [-0.1, -0.05) is 41.5 Å². The molecule has 0 aliphatic carbocycles. The minimum absolute atomic E-state index is 0.0792. The van der Waals surface area contributed by atoms with Gasteiger partial charge in [0, 0.05) is 0 Å². The summed E-state index contributed by atoms with van der Waals surface area (Å²) < 4.78 is 17.9. The molecule has 1 aliphatic rings. The summed E-state index contributed by atoms with van der Waals surface area (Å²) >= 11 is 0. The fraction of sp³-hybridized carbons (Fsp3) is 0.889. The molecule has 1 heterocycles. The third kappa shape index (κ3) is 4.77. The van der Waals surface area contributed by atoms with Gasteiger partial charge in [-0.25, -0.2) is 0 Å². The van der Waals surface area contributed by atoms with Gasteiger partial charge in [-0.05, 0) is 30.5 Å². The van der Waals surface area contributed by atoms with Crippen molar-refractivity contribution in [2.75, 3.05) is 6.61 Å². The maximum absolute atomic E-state index is 10.4. The van der Waals surface area contributed by atoms with Crippen molar-refractivity contribution in [1.82, 2.24) is 0 Å². The molecule has 3 atom stereocenters. The Labute approximate surface area is 152 Å². The minimum atomic E-state index is -2.37. The number of rotatable bonds is 7. The van der Waals surface area contributed by atoms with Crippen LogP contribution in [-0.4, -0.2) is 54.3 Å². The Morgan fingerprint density at radius 3 is 2.00 bits per heavy atom. The van der Waals surface area contributed by atoms with Crippen LogP contribution in [0.3, 0.4) is 0 Å².